The van der Waals surface area contributed by atoms with Gasteiger partial charge in [-0.05, 0) is 12.0 Å². The van der Waals surface area contributed by atoms with Crippen LogP contribution in [0.4, 0.5) is 16.2 Å². The number of hydrogen-bond donors (Lipinski definition) is 2. The summed E-state index contributed by atoms with van der Waals surface area (Å²) in [6.07, 6.45) is -0.809. The number of nitrogens with zero attached hydrogens (tertiary/aromatic N) is 2. The van der Waals surface area contributed by atoms with Crippen LogP contribution in [0.15, 0.2) is 48.5 Å². The molecule has 174 valence electrons. The van der Waals surface area contributed by atoms with Gasteiger partial charge in [-0.3, -0.25) is 20.2 Å². The van der Waals surface area contributed by atoms with Crippen LogP contribution in [0, 0.1) is 20.2 Å². The van der Waals surface area contributed by atoms with Crippen LogP contribution in [0.25, 0.3) is 0 Å². The smallest absolute Gasteiger partial charge is 0.315 e. The molecule has 0 unspecified atom stereocenters. The molecule has 2 amide bonds. The Kier molecular flexibility index (Phi) is 6.77. The van der Waals surface area contributed by atoms with E-state index in [0.29, 0.717) is 12.0 Å². The second-order valence-electron chi connectivity index (χ2n) is 7.75. The average molecular weight is 458 g/mol. The van der Waals surface area contributed by atoms with Crippen molar-refractivity contribution in [1.29, 1.82) is 0 Å². The fourth-order valence-electron chi connectivity index (χ4n) is 4.15. The number of benzene rings is 2. The van der Waals surface area contributed by atoms with Gasteiger partial charge in [0.05, 0.1) is 21.9 Å². The molecule has 12 nitrogen and oxygen atoms in total. The van der Waals surface area contributed by atoms with E-state index in [9.17, 15) is 25.0 Å². The minimum absolute atomic E-state index is 0.0323. The number of nitro benzene ring substituents is 2. The largest absolute Gasteiger partial charge is 0.347 e. The Morgan fingerprint density at radius 3 is 2.06 bits per heavy atom. The lowest BCUT2D eigenvalue weighted by atomic mass is 9.91. The second-order valence-corrected chi connectivity index (χ2v) is 7.75. The van der Waals surface area contributed by atoms with Gasteiger partial charge < -0.3 is 24.8 Å². The third-order valence-electron chi connectivity index (χ3n) is 5.67. The maximum absolute atomic E-state index is 12.7. The number of carbonyl (C=O) groups is 1. The molecule has 0 aliphatic carbocycles. The molecule has 0 spiro atoms. The summed E-state index contributed by atoms with van der Waals surface area (Å²) >= 11 is 0. The molecule has 2 saturated heterocycles. The topological polar surface area (TPSA) is 155 Å². The Balaban J connectivity index is 1.60. The van der Waals surface area contributed by atoms with E-state index in [0.717, 1.165) is 5.56 Å². The zero-order chi connectivity index (χ0) is 23.4. The van der Waals surface area contributed by atoms with Gasteiger partial charge >= 0.3 is 6.03 Å². The molecule has 2 fully saturated rings. The van der Waals surface area contributed by atoms with Gasteiger partial charge in [0.15, 0.2) is 0 Å². The number of nitrogens with one attached hydrogen (secondary N) is 2. The zero-order valence-corrected chi connectivity index (χ0v) is 17.4. The number of para-hydroxylation sites is 1. The van der Waals surface area contributed by atoms with E-state index in [1.807, 2.05) is 0 Å². The first-order valence-electron chi connectivity index (χ1n) is 10.3. The van der Waals surface area contributed by atoms with Crippen molar-refractivity contribution in [1.82, 2.24) is 10.6 Å². The van der Waals surface area contributed by atoms with Crippen LogP contribution in [0.2, 0.25) is 0 Å². The monoisotopic (exact) mass is 458 g/mol. The highest BCUT2D eigenvalue weighted by molar-refractivity contribution is 5.75. The van der Waals surface area contributed by atoms with Gasteiger partial charge in [-0.15, -0.1) is 0 Å². The van der Waals surface area contributed by atoms with Crippen molar-refractivity contribution >= 4 is 17.4 Å². The number of hydrogen-bond acceptors (Lipinski definition) is 8. The third-order valence-corrected chi connectivity index (χ3v) is 5.67. The molecule has 2 heterocycles. The van der Waals surface area contributed by atoms with Crippen LogP contribution < -0.4 is 10.6 Å². The second kappa shape index (κ2) is 9.90. The number of amides is 2. The summed E-state index contributed by atoms with van der Waals surface area (Å²) in [5, 5.41) is 28.1. The van der Waals surface area contributed by atoms with Crippen LogP contribution >= 0.6 is 0 Å². The number of fused-ring (bicyclic) bond motifs is 1. The number of ether oxygens (including phenoxy) is 3. The van der Waals surface area contributed by atoms with Gasteiger partial charge in [0.2, 0.25) is 0 Å². The number of urea groups is 1. The molecule has 2 N–H and O–H groups in total. The first kappa shape index (κ1) is 22.6. The van der Waals surface area contributed by atoms with E-state index in [1.54, 1.807) is 30.3 Å². The van der Waals surface area contributed by atoms with E-state index >= 15 is 0 Å². The standard InChI is InChI=1S/C21H22N4O8/c26-21-22-16(9-13-5-7-15(8-6-13)24(27)28)19-20(33-12-31-11-32-19)17(23-21)10-14-3-1-2-4-18(14)25(29)30/h1-8,16-17,19-20H,9-12H2,(H2,22,23,26)/t16-,17-,19+,20+/m1/s1. The lowest BCUT2D eigenvalue weighted by Gasteiger charge is -2.31. The highest BCUT2D eigenvalue weighted by Gasteiger charge is 2.43. The Morgan fingerprint density at radius 2 is 1.45 bits per heavy atom. The Bertz CT molecular complexity index is 1030. The predicted molar refractivity (Wildman–Crippen MR) is 113 cm³/mol. The molecule has 2 aromatic rings. The highest BCUT2D eigenvalue weighted by atomic mass is 16.8. The minimum atomic E-state index is -0.658. The number of non-ortho nitro benzene ring substituents is 1. The SMILES string of the molecule is O=C1N[C@H](Cc2ccc([N+](=O)[O-])cc2)[C@@H]2OCOCO[C@H]2[C@@H](Cc2ccccc2[N+](=O)[O-])N1. The first-order chi connectivity index (χ1) is 15.9. The van der Waals surface area contributed by atoms with Gasteiger partial charge in [0, 0.05) is 30.2 Å². The van der Waals surface area contributed by atoms with E-state index in [-0.39, 0.29) is 31.4 Å². The summed E-state index contributed by atoms with van der Waals surface area (Å²) in [7, 11) is 0. The molecule has 4 rings (SSSR count). The number of nitro groups is 2. The maximum Gasteiger partial charge on any atom is 0.315 e. The minimum Gasteiger partial charge on any atom is -0.347 e. The fourth-order valence-corrected chi connectivity index (χ4v) is 4.15. The van der Waals surface area contributed by atoms with Crippen molar-refractivity contribution in [2.75, 3.05) is 13.6 Å². The van der Waals surface area contributed by atoms with Crippen LogP contribution in [-0.2, 0) is 27.1 Å². The summed E-state index contributed by atoms with van der Waals surface area (Å²) < 4.78 is 17.0. The Morgan fingerprint density at radius 1 is 0.848 bits per heavy atom. The molecule has 12 heteroatoms. The van der Waals surface area contributed by atoms with Gasteiger partial charge in [-0.1, -0.05) is 30.3 Å². The molecule has 0 radical (unpaired) electrons. The Labute approximate surface area is 188 Å². The molecule has 2 aliphatic heterocycles. The zero-order valence-electron chi connectivity index (χ0n) is 17.4. The molecule has 0 aromatic heterocycles. The molecule has 0 saturated carbocycles. The molecular formula is C21H22N4O8. The molecular weight excluding hydrogens is 436 g/mol. The molecule has 2 aliphatic rings. The predicted octanol–water partition coefficient (Wildman–Crippen LogP) is 2.05. The third kappa shape index (κ3) is 5.25. The number of rotatable bonds is 6. The summed E-state index contributed by atoms with van der Waals surface area (Å²) in [5.74, 6) is 0. The van der Waals surface area contributed by atoms with Crippen LogP contribution in [0.5, 0.6) is 0 Å². The molecule has 2 aromatic carbocycles. The lowest BCUT2D eigenvalue weighted by molar-refractivity contribution is -0.385. The lowest BCUT2D eigenvalue weighted by Crippen LogP contribution is -2.51. The first-order valence-corrected chi connectivity index (χ1v) is 10.3. The van der Waals surface area contributed by atoms with E-state index < -0.39 is 40.2 Å². The summed E-state index contributed by atoms with van der Waals surface area (Å²) in [5.41, 5.74) is 1.13. The maximum atomic E-state index is 12.7. The van der Waals surface area contributed by atoms with Gasteiger partial charge in [0.25, 0.3) is 11.4 Å². The van der Waals surface area contributed by atoms with Crippen molar-refractivity contribution in [3.05, 3.63) is 79.9 Å². The van der Waals surface area contributed by atoms with Gasteiger partial charge in [-0.2, -0.15) is 0 Å². The molecule has 0 bridgehead atoms. The van der Waals surface area contributed by atoms with Crippen LogP contribution in [-0.4, -0.2) is 53.8 Å². The van der Waals surface area contributed by atoms with E-state index in [1.165, 1.54) is 18.2 Å². The Hall–Kier alpha value is -3.61. The van der Waals surface area contributed by atoms with E-state index in [4.69, 9.17) is 14.2 Å². The van der Waals surface area contributed by atoms with E-state index in [2.05, 4.69) is 10.6 Å². The van der Waals surface area contributed by atoms with Crippen LogP contribution in [0.1, 0.15) is 11.1 Å². The quantitative estimate of drug-likeness (QED) is 0.492. The van der Waals surface area contributed by atoms with Gasteiger partial charge in [-0.25, -0.2) is 4.79 Å². The number of carbonyl (C=O) groups excluding carboxylic acids is 1. The van der Waals surface area contributed by atoms with Gasteiger partial charge in [0.1, 0.15) is 25.8 Å². The average Bonchev–Trinajstić information content (AvgIpc) is 3.10. The van der Waals surface area contributed by atoms with Crippen molar-refractivity contribution in [3.8, 4) is 0 Å². The van der Waals surface area contributed by atoms with Crippen molar-refractivity contribution in [3.63, 3.8) is 0 Å². The highest BCUT2D eigenvalue weighted by Crippen LogP contribution is 2.26. The fraction of sp³-hybridized carbons (Fsp3) is 0.381. The summed E-state index contributed by atoms with van der Waals surface area (Å²) in [6.45, 7) is -0.110. The summed E-state index contributed by atoms with van der Waals surface area (Å²) in [4.78, 5) is 34.1. The molecule has 4 atom stereocenters. The molecule has 33 heavy (non-hydrogen) atoms. The summed E-state index contributed by atoms with van der Waals surface area (Å²) in [6, 6.07) is 10.7. The van der Waals surface area contributed by atoms with Crippen molar-refractivity contribution < 1.29 is 28.9 Å². The van der Waals surface area contributed by atoms with Crippen molar-refractivity contribution in [2.24, 2.45) is 0 Å². The van der Waals surface area contributed by atoms with Crippen LogP contribution in [0.3, 0.4) is 0 Å². The normalized spacial score (nSPS) is 25.0. The van der Waals surface area contributed by atoms with Crippen molar-refractivity contribution in [2.45, 2.75) is 37.1 Å².